The van der Waals surface area contributed by atoms with E-state index < -0.39 is 36.7 Å². The van der Waals surface area contributed by atoms with Gasteiger partial charge in [-0.1, -0.05) is 48.5 Å². The first-order valence-corrected chi connectivity index (χ1v) is 13.0. The van der Waals surface area contributed by atoms with Crippen LogP contribution in [0.3, 0.4) is 0 Å². The number of ether oxygens (including phenoxy) is 1. The minimum absolute atomic E-state index is 0.0127. The van der Waals surface area contributed by atoms with Crippen LogP contribution in [0, 0.1) is 19.7 Å². The Balaban J connectivity index is 1.40. The van der Waals surface area contributed by atoms with Crippen molar-refractivity contribution in [2.45, 2.75) is 57.8 Å². The summed E-state index contributed by atoms with van der Waals surface area (Å²) in [5, 5.41) is 20.0. The van der Waals surface area contributed by atoms with E-state index in [0.29, 0.717) is 16.7 Å². The quantitative estimate of drug-likeness (QED) is 0.320. The molecule has 3 aromatic carbocycles. The molecule has 2 N–H and O–H groups in total. The van der Waals surface area contributed by atoms with E-state index in [0.717, 1.165) is 16.7 Å². The summed E-state index contributed by atoms with van der Waals surface area (Å²) in [6.07, 6.45) is -1.49. The summed E-state index contributed by atoms with van der Waals surface area (Å²) >= 11 is 0. The second-order valence-electron chi connectivity index (χ2n) is 10.5. The molecule has 5 nitrogen and oxygen atoms in total. The molecule has 1 aliphatic rings. The number of carboxylic acids is 1. The number of hydrogen-bond donors (Lipinski definition) is 2. The zero-order chi connectivity index (χ0) is 28.3. The second kappa shape index (κ2) is 11.9. The molecule has 0 spiro atoms. The lowest BCUT2D eigenvalue weighted by Gasteiger charge is -2.27. The molecular formula is C31H34F3NO4. The Morgan fingerprint density at radius 2 is 1.85 bits per heavy atom. The zero-order valence-electron chi connectivity index (χ0n) is 22.3. The van der Waals surface area contributed by atoms with Gasteiger partial charge in [0.1, 0.15) is 5.82 Å². The fourth-order valence-corrected chi connectivity index (χ4v) is 5.27. The van der Waals surface area contributed by atoms with Gasteiger partial charge >= 0.3 is 5.97 Å². The van der Waals surface area contributed by atoms with Gasteiger partial charge in [0, 0.05) is 19.0 Å². The van der Waals surface area contributed by atoms with Crippen LogP contribution in [0.4, 0.5) is 13.2 Å². The number of benzene rings is 3. The average Bonchev–Trinajstić information content (AvgIpc) is 3.16. The number of rotatable bonds is 10. The highest BCUT2D eigenvalue weighted by atomic mass is 19.3. The van der Waals surface area contributed by atoms with Crippen molar-refractivity contribution in [2.24, 2.45) is 0 Å². The Morgan fingerprint density at radius 1 is 1.10 bits per heavy atom. The van der Waals surface area contributed by atoms with Gasteiger partial charge in [-0.2, -0.15) is 0 Å². The summed E-state index contributed by atoms with van der Waals surface area (Å²) in [5.74, 6) is -4.23. The van der Waals surface area contributed by atoms with Crippen LogP contribution in [0.1, 0.15) is 52.1 Å². The van der Waals surface area contributed by atoms with Crippen molar-refractivity contribution >= 4 is 5.97 Å². The highest BCUT2D eigenvalue weighted by Crippen LogP contribution is 2.35. The van der Waals surface area contributed by atoms with Gasteiger partial charge in [-0.15, -0.1) is 0 Å². The number of β-amino-alcohol motifs (C(OH)–C–C–N with tert-alkyl or cyclic N) is 1. The fraction of sp³-hybridized carbons (Fsp3) is 0.387. The number of aliphatic hydroxyl groups excluding tert-OH is 1. The van der Waals surface area contributed by atoms with Crippen molar-refractivity contribution in [2.75, 3.05) is 19.7 Å². The third kappa shape index (κ3) is 7.06. The molecular weight excluding hydrogens is 507 g/mol. The topological polar surface area (TPSA) is 70.0 Å². The third-order valence-corrected chi connectivity index (χ3v) is 7.34. The van der Waals surface area contributed by atoms with Crippen molar-refractivity contribution in [1.82, 2.24) is 4.90 Å². The number of nitrogens with zero attached hydrogens (tertiary/aromatic N) is 1. The predicted molar refractivity (Wildman–Crippen MR) is 144 cm³/mol. The number of aromatic carboxylic acids is 1. The minimum Gasteiger partial charge on any atom is -0.478 e. The molecule has 1 fully saturated rings. The lowest BCUT2D eigenvalue weighted by atomic mass is 9.94. The molecule has 0 amide bonds. The van der Waals surface area contributed by atoms with Gasteiger partial charge in [0.2, 0.25) is 0 Å². The van der Waals surface area contributed by atoms with Gasteiger partial charge < -0.3 is 14.9 Å². The summed E-state index contributed by atoms with van der Waals surface area (Å²) in [5.41, 5.74) is 4.62. The first-order valence-electron chi connectivity index (χ1n) is 13.0. The summed E-state index contributed by atoms with van der Waals surface area (Å²) < 4.78 is 48.6. The zero-order valence-corrected chi connectivity index (χ0v) is 22.3. The molecule has 0 aliphatic carbocycles. The van der Waals surface area contributed by atoms with Crippen LogP contribution in [-0.2, 0) is 11.2 Å². The Labute approximate surface area is 226 Å². The lowest BCUT2D eigenvalue weighted by molar-refractivity contribution is -0.0245. The highest BCUT2D eigenvalue weighted by Gasteiger charge is 2.45. The van der Waals surface area contributed by atoms with E-state index in [1.165, 1.54) is 6.07 Å². The number of carbonyl (C=O) groups is 1. The molecule has 1 saturated heterocycles. The summed E-state index contributed by atoms with van der Waals surface area (Å²) in [6, 6.07) is 17.0. The predicted octanol–water partition coefficient (Wildman–Crippen LogP) is 6.20. The van der Waals surface area contributed by atoms with Crippen LogP contribution in [0.5, 0.6) is 0 Å². The molecule has 3 atom stereocenters. The van der Waals surface area contributed by atoms with Crippen molar-refractivity contribution in [1.29, 1.82) is 0 Å². The molecule has 1 heterocycles. The van der Waals surface area contributed by atoms with Gasteiger partial charge in [-0.3, -0.25) is 4.90 Å². The van der Waals surface area contributed by atoms with E-state index in [4.69, 9.17) is 4.74 Å². The summed E-state index contributed by atoms with van der Waals surface area (Å²) in [6.45, 7) is 4.74. The van der Waals surface area contributed by atoms with E-state index >= 15 is 0 Å². The lowest BCUT2D eigenvalue weighted by Crippen LogP contribution is -2.40. The molecule has 39 heavy (non-hydrogen) atoms. The number of hydrogen-bond acceptors (Lipinski definition) is 4. The molecule has 0 radical (unpaired) electrons. The van der Waals surface area contributed by atoms with Crippen LogP contribution in [0.2, 0.25) is 0 Å². The fourth-order valence-electron chi connectivity index (χ4n) is 5.27. The average molecular weight is 542 g/mol. The number of alkyl halides is 2. The van der Waals surface area contributed by atoms with E-state index in [1.54, 1.807) is 43.0 Å². The van der Waals surface area contributed by atoms with Crippen molar-refractivity contribution in [3.8, 4) is 11.1 Å². The maximum absolute atomic E-state index is 14.3. The van der Waals surface area contributed by atoms with Crippen LogP contribution < -0.4 is 0 Å². The van der Waals surface area contributed by atoms with Crippen molar-refractivity contribution < 1.29 is 32.9 Å². The molecule has 0 bridgehead atoms. The first kappa shape index (κ1) is 28.8. The number of aliphatic hydroxyl groups is 1. The molecule has 0 saturated carbocycles. The van der Waals surface area contributed by atoms with E-state index in [-0.39, 0.29) is 37.4 Å². The van der Waals surface area contributed by atoms with Gasteiger partial charge in [-0.25, -0.2) is 18.0 Å². The van der Waals surface area contributed by atoms with Crippen LogP contribution >= 0.6 is 0 Å². The SMILES string of the molecule is Cc1ccc(C[C@@H]2CC(F)(F)CN2C[C@@H](O)CO[C@H](C)c2ccccc2-c2ccc(C(=O)O)c(C)c2)cc1F. The Morgan fingerprint density at radius 3 is 2.54 bits per heavy atom. The number of carboxylic acid groups (broad SMARTS) is 1. The maximum Gasteiger partial charge on any atom is 0.335 e. The van der Waals surface area contributed by atoms with E-state index in [9.17, 15) is 28.2 Å². The number of halogens is 3. The van der Waals surface area contributed by atoms with Crippen LogP contribution in [0.25, 0.3) is 11.1 Å². The second-order valence-corrected chi connectivity index (χ2v) is 10.5. The normalized spacial score (nSPS) is 18.7. The van der Waals surface area contributed by atoms with Crippen molar-refractivity contribution in [3.05, 3.63) is 94.3 Å². The molecule has 0 unspecified atom stereocenters. The smallest absolute Gasteiger partial charge is 0.335 e. The first-order chi connectivity index (χ1) is 18.4. The Kier molecular flexibility index (Phi) is 8.79. The maximum atomic E-state index is 14.3. The molecule has 3 aromatic rings. The van der Waals surface area contributed by atoms with Gasteiger partial charge in [-0.05, 0) is 72.7 Å². The number of aryl methyl sites for hydroxylation is 2. The van der Waals surface area contributed by atoms with Gasteiger partial charge in [0.05, 0.1) is 30.9 Å². The molecule has 0 aromatic heterocycles. The monoisotopic (exact) mass is 541 g/mol. The summed E-state index contributed by atoms with van der Waals surface area (Å²) in [4.78, 5) is 13.0. The Hall–Kier alpha value is -3.20. The van der Waals surface area contributed by atoms with Crippen LogP contribution in [0.15, 0.2) is 60.7 Å². The van der Waals surface area contributed by atoms with E-state index in [1.807, 2.05) is 37.3 Å². The van der Waals surface area contributed by atoms with Crippen LogP contribution in [-0.4, -0.2) is 58.8 Å². The minimum atomic E-state index is -2.88. The molecule has 208 valence electrons. The largest absolute Gasteiger partial charge is 0.478 e. The molecule has 1 aliphatic heterocycles. The Bertz CT molecular complexity index is 1330. The standard InChI is InChI=1S/C31H34F3NO4/c1-19-8-9-22(14-29(19)32)13-24-15-31(33,34)18-35(24)16-25(36)17-39-21(3)27-6-4-5-7-28(27)23-10-11-26(30(37)38)20(2)12-23/h4-12,14,21,24-25,36H,13,15-18H2,1-3H3,(H,37,38)/t21-,24-,25-/m1/s1. The number of likely N-dealkylation sites (tertiary alicyclic amines) is 1. The van der Waals surface area contributed by atoms with E-state index in [2.05, 4.69) is 0 Å². The third-order valence-electron chi connectivity index (χ3n) is 7.34. The molecule has 8 heteroatoms. The van der Waals surface area contributed by atoms with Gasteiger partial charge in [0.15, 0.2) is 0 Å². The highest BCUT2D eigenvalue weighted by molar-refractivity contribution is 5.90. The van der Waals surface area contributed by atoms with Gasteiger partial charge in [0.25, 0.3) is 5.92 Å². The summed E-state index contributed by atoms with van der Waals surface area (Å²) in [7, 11) is 0. The molecule has 4 rings (SSSR count). The van der Waals surface area contributed by atoms with Crippen molar-refractivity contribution in [3.63, 3.8) is 0 Å².